The number of amides is 1. The Hall–Kier alpha value is -4.02. The first kappa shape index (κ1) is 25.6. The molecule has 10 heteroatoms. The van der Waals surface area contributed by atoms with E-state index in [1.54, 1.807) is 42.5 Å². The molecule has 0 atom stereocenters. The zero-order valence-electron chi connectivity index (χ0n) is 19.4. The molecule has 1 amide bonds. The van der Waals surface area contributed by atoms with Gasteiger partial charge in [-0.25, -0.2) is 23.4 Å². The molecule has 0 aliphatic carbocycles. The summed E-state index contributed by atoms with van der Waals surface area (Å²) in [5, 5.41) is 3.83. The van der Waals surface area contributed by atoms with E-state index in [0.29, 0.717) is 16.9 Å². The Morgan fingerprint density at radius 1 is 0.914 bits per heavy atom. The van der Waals surface area contributed by atoms with Gasteiger partial charge in [-0.2, -0.15) is 5.10 Å². The van der Waals surface area contributed by atoms with Gasteiger partial charge < -0.3 is 9.47 Å². The molecule has 0 unspecified atom stereocenters. The first-order valence-electron chi connectivity index (χ1n) is 10.5. The van der Waals surface area contributed by atoms with Crippen LogP contribution in [0, 0.1) is 13.8 Å². The number of hydrogen-bond donors (Lipinski definition) is 2. The Kier molecular flexibility index (Phi) is 8.34. The Labute approximate surface area is 203 Å². The minimum Gasteiger partial charge on any atom is -0.493 e. The third kappa shape index (κ3) is 7.23. The van der Waals surface area contributed by atoms with Crippen LogP contribution in [0.2, 0.25) is 0 Å². The lowest BCUT2D eigenvalue weighted by Gasteiger charge is -2.10. The maximum absolute atomic E-state index is 12.4. The van der Waals surface area contributed by atoms with Crippen molar-refractivity contribution in [3.8, 4) is 11.5 Å². The van der Waals surface area contributed by atoms with Gasteiger partial charge in [0.1, 0.15) is 0 Å². The number of benzene rings is 3. The Bertz CT molecular complexity index is 1330. The first-order valence-corrected chi connectivity index (χ1v) is 12.0. The van der Waals surface area contributed by atoms with Crippen LogP contribution in [-0.2, 0) is 14.8 Å². The van der Waals surface area contributed by atoms with Crippen molar-refractivity contribution in [1.82, 2.24) is 10.1 Å². The molecule has 0 saturated heterocycles. The highest BCUT2D eigenvalue weighted by molar-refractivity contribution is 7.89. The lowest BCUT2D eigenvalue weighted by molar-refractivity contribution is -0.119. The second-order valence-corrected chi connectivity index (χ2v) is 9.36. The number of esters is 1. The topological polar surface area (TPSA) is 123 Å². The molecule has 3 aromatic rings. The zero-order valence-corrected chi connectivity index (χ0v) is 20.3. The van der Waals surface area contributed by atoms with Gasteiger partial charge in [0.05, 0.1) is 30.3 Å². The van der Waals surface area contributed by atoms with Gasteiger partial charge in [-0.05, 0) is 61.9 Å². The van der Waals surface area contributed by atoms with Crippen molar-refractivity contribution < 1.29 is 27.5 Å². The van der Waals surface area contributed by atoms with Gasteiger partial charge in [-0.3, -0.25) is 4.79 Å². The predicted molar refractivity (Wildman–Crippen MR) is 131 cm³/mol. The van der Waals surface area contributed by atoms with E-state index in [-0.39, 0.29) is 10.6 Å². The fourth-order valence-electron chi connectivity index (χ4n) is 2.88. The number of nitrogens with one attached hydrogen (secondary N) is 2. The quantitative estimate of drug-likeness (QED) is 0.204. The van der Waals surface area contributed by atoms with E-state index >= 15 is 0 Å². The molecule has 3 aromatic carbocycles. The van der Waals surface area contributed by atoms with Crippen LogP contribution in [0.15, 0.2) is 76.7 Å². The summed E-state index contributed by atoms with van der Waals surface area (Å²) in [4.78, 5) is 24.4. The van der Waals surface area contributed by atoms with Gasteiger partial charge in [0.25, 0.3) is 5.91 Å². The molecule has 35 heavy (non-hydrogen) atoms. The molecular formula is C25H25N3O6S. The van der Waals surface area contributed by atoms with Crippen LogP contribution in [0.5, 0.6) is 11.5 Å². The lowest BCUT2D eigenvalue weighted by Crippen LogP contribution is -2.34. The molecule has 3 rings (SSSR count). The molecule has 0 aliphatic rings. The molecule has 0 bridgehead atoms. The average molecular weight is 496 g/mol. The van der Waals surface area contributed by atoms with E-state index in [9.17, 15) is 18.0 Å². The van der Waals surface area contributed by atoms with E-state index in [0.717, 1.165) is 11.1 Å². The summed E-state index contributed by atoms with van der Waals surface area (Å²) in [6.45, 7) is 3.28. The molecule has 2 N–H and O–H groups in total. The fourth-order valence-corrected chi connectivity index (χ4v) is 3.86. The zero-order chi connectivity index (χ0) is 25.4. The van der Waals surface area contributed by atoms with Crippen LogP contribution < -0.4 is 19.6 Å². The largest absolute Gasteiger partial charge is 0.493 e. The van der Waals surface area contributed by atoms with E-state index < -0.39 is 28.4 Å². The standard InChI is InChI=1S/C25H25N3O6S/c1-17-4-9-20(10-5-17)25(30)34-22-13-8-19(14-23(22)33-3)15-26-28-24(29)16-27-35(31,32)21-11-6-18(2)7-12-21/h4-15,27H,16H2,1-3H3,(H,28,29)/b26-15+. The normalized spacial score (nSPS) is 11.3. The number of carbonyl (C=O) groups is 2. The number of ether oxygens (including phenoxy) is 2. The van der Waals surface area contributed by atoms with Crippen molar-refractivity contribution in [2.24, 2.45) is 5.10 Å². The number of nitrogens with zero attached hydrogens (tertiary/aromatic N) is 1. The number of aryl methyl sites for hydroxylation is 2. The first-order chi connectivity index (χ1) is 16.7. The van der Waals surface area contributed by atoms with Gasteiger partial charge in [0.2, 0.25) is 10.0 Å². The van der Waals surface area contributed by atoms with E-state index in [2.05, 4.69) is 15.2 Å². The SMILES string of the molecule is COc1cc(/C=N/NC(=O)CNS(=O)(=O)c2ccc(C)cc2)ccc1OC(=O)c1ccc(C)cc1. The Balaban J connectivity index is 1.56. The highest BCUT2D eigenvalue weighted by atomic mass is 32.2. The highest BCUT2D eigenvalue weighted by Crippen LogP contribution is 2.28. The van der Waals surface area contributed by atoms with Crippen LogP contribution in [0.3, 0.4) is 0 Å². The monoisotopic (exact) mass is 495 g/mol. The minimum atomic E-state index is -3.82. The summed E-state index contributed by atoms with van der Waals surface area (Å²) < 4.78 is 37.4. The smallest absolute Gasteiger partial charge is 0.343 e. The third-order valence-corrected chi connectivity index (χ3v) is 6.25. The van der Waals surface area contributed by atoms with E-state index in [1.165, 1.54) is 25.5 Å². The van der Waals surface area contributed by atoms with Crippen molar-refractivity contribution in [2.75, 3.05) is 13.7 Å². The summed E-state index contributed by atoms with van der Waals surface area (Å²) >= 11 is 0. The number of methoxy groups -OCH3 is 1. The highest BCUT2D eigenvalue weighted by Gasteiger charge is 2.15. The molecular weight excluding hydrogens is 470 g/mol. The van der Waals surface area contributed by atoms with Crippen molar-refractivity contribution >= 4 is 28.1 Å². The number of carbonyl (C=O) groups excluding carboxylic acids is 2. The molecule has 9 nitrogen and oxygen atoms in total. The number of hydrogen-bond acceptors (Lipinski definition) is 7. The van der Waals surface area contributed by atoms with Crippen LogP contribution >= 0.6 is 0 Å². The van der Waals surface area contributed by atoms with Crippen LogP contribution in [0.4, 0.5) is 0 Å². The summed E-state index contributed by atoms with van der Waals surface area (Å²) in [5.74, 6) is -0.644. The second-order valence-electron chi connectivity index (χ2n) is 7.60. The summed E-state index contributed by atoms with van der Waals surface area (Å²) in [5.41, 5.74) is 5.16. The molecule has 0 aliphatic heterocycles. The summed E-state index contributed by atoms with van der Waals surface area (Å²) in [6, 6.07) is 18.0. The van der Waals surface area contributed by atoms with Crippen molar-refractivity contribution in [1.29, 1.82) is 0 Å². The Morgan fingerprint density at radius 2 is 1.54 bits per heavy atom. The van der Waals surface area contributed by atoms with Gasteiger partial charge >= 0.3 is 5.97 Å². The second kappa shape index (κ2) is 11.4. The molecule has 0 heterocycles. The third-order valence-electron chi connectivity index (χ3n) is 4.83. The number of hydrazone groups is 1. The maximum Gasteiger partial charge on any atom is 0.343 e. The van der Waals surface area contributed by atoms with Crippen molar-refractivity contribution in [3.05, 3.63) is 89.0 Å². The van der Waals surface area contributed by atoms with Crippen molar-refractivity contribution in [3.63, 3.8) is 0 Å². The molecule has 0 radical (unpaired) electrons. The van der Waals surface area contributed by atoms with E-state index in [1.807, 2.05) is 26.0 Å². The van der Waals surface area contributed by atoms with Gasteiger partial charge in [0, 0.05) is 0 Å². The summed E-state index contributed by atoms with van der Waals surface area (Å²) in [7, 11) is -2.38. The Morgan fingerprint density at radius 3 is 2.17 bits per heavy atom. The van der Waals surface area contributed by atoms with E-state index in [4.69, 9.17) is 9.47 Å². The minimum absolute atomic E-state index is 0.0645. The molecule has 0 aromatic heterocycles. The molecule has 182 valence electrons. The molecule has 0 fully saturated rings. The maximum atomic E-state index is 12.4. The summed E-state index contributed by atoms with van der Waals surface area (Å²) in [6.07, 6.45) is 1.35. The average Bonchev–Trinajstić information content (AvgIpc) is 2.84. The predicted octanol–water partition coefficient (Wildman–Crippen LogP) is 2.96. The van der Waals surface area contributed by atoms with Crippen LogP contribution in [0.1, 0.15) is 27.0 Å². The number of rotatable bonds is 9. The van der Waals surface area contributed by atoms with Crippen LogP contribution in [0.25, 0.3) is 0 Å². The number of sulfonamides is 1. The van der Waals surface area contributed by atoms with Gasteiger partial charge in [-0.1, -0.05) is 35.4 Å². The molecule has 0 saturated carbocycles. The van der Waals surface area contributed by atoms with Gasteiger partial charge in [0.15, 0.2) is 11.5 Å². The fraction of sp³-hybridized carbons (Fsp3) is 0.160. The molecule has 0 spiro atoms. The van der Waals surface area contributed by atoms with Crippen molar-refractivity contribution in [2.45, 2.75) is 18.7 Å². The van der Waals surface area contributed by atoms with Crippen LogP contribution in [-0.4, -0.2) is 40.2 Å². The van der Waals surface area contributed by atoms with Gasteiger partial charge in [-0.15, -0.1) is 0 Å². The lowest BCUT2D eigenvalue weighted by atomic mass is 10.1.